The Morgan fingerprint density at radius 3 is 3.11 bits per heavy atom. The molecule has 1 aromatic carbocycles. The van der Waals surface area contributed by atoms with Crippen molar-refractivity contribution in [2.45, 2.75) is 12.6 Å². The fourth-order valence-electron chi connectivity index (χ4n) is 2.10. The summed E-state index contributed by atoms with van der Waals surface area (Å²) in [7, 11) is 0. The maximum Gasteiger partial charge on any atom is 0.127 e. The Morgan fingerprint density at radius 2 is 2.28 bits per heavy atom. The van der Waals surface area contributed by atoms with E-state index in [-0.39, 0.29) is 11.8 Å². The molecule has 0 radical (unpaired) electrons. The number of phenols is 1. The number of aromatic nitrogens is 1. The minimum atomic E-state index is 0.155. The van der Waals surface area contributed by atoms with Gasteiger partial charge in [0.1, 0.15) is 18.1 Å². The van der Waals surface area contributed by atoms with E-state index in [1.54, 1.807) is 18.3 Å². The summed E-state index contributed by atoms with van der Waals surface area (Å²) in [5.41, 5.74) is 2.09. The number of ether oxygens (including phenoxy) is 1. The van der Waals surface area contributed by atoms with Crippen LogP contribution in [0.15, 0.2) is 42.6 Å². The number of fused-ring (bicyclic) bond motifs is 1. The first-order valence-corrected chi connectivity index (χ1v) is 5.92. The molecule has 0 saturated carbocycles. The van der Waals surface area contributed by atoms with Crippen LogP contribution in [0.3, 0.4) is 0 Å². The summed E-state index contributed by atoms with van der Waals surface area (Å²) in [6, 6.07) is 11.2. The molecule has 0 saturated heterocycles. The highest BCUT2D eigenvalue weighted by Crippen LogP contribution is 2.34. The molecule has 1 aliphatic heterocycles. The lowest BCUT2D eigenvalue weighted by Gasteiger charge is -2.10. The van der Waals surface area contributed by atoms with E-state index in [1.807, 2.05) is 24.3 Å². The Kier molecular flexibility index (Phi) is 2.86. The zero-order chi connectivity index (χ0) is 12.4. The zero-order valence-electron chi connectivity index (χ0n) is 9.84. The predicted molar refractivity (Wildman–Crippen MR) is 67.4 cm³/mol. The molecular weight excluding hydrogens is 228 g/mol. The summed E-state index contributed by atoms with van der Waals surface area (Å²) >= 11 is 0. The summed E-state index contributed by atoms with van der Waals surface area (Å²) < 4.78 is 5.54. The van der Waals surface area contributed by atoms with E-state index in [0.29, 0.717) is 13.2 Å². The van der Waals surface area contributed by atoms with E-state index >= 15 is 0 Å². The first kappa shape index (κ1) is 11.0. The summed E-state index contributed by atoms with van der Waals surface area (Å²) in [6.07, 6.45) is 1.79. The molecule has 1 aromatic heterocycles. The van der Waals surface area contributed by atoms with Crippen LogP contribution in [0.4, 0.5) is 0 Å². The lowest BCUT2D eigenvalue weighted by atomic mass is 10.1. The van der Waals surface area contributed by atoms with Crippen LogP contribution in [0, 0.1) is 0 Å². The van der Waals surface area contributed by atoms with E-state index in [4.69, 9.17) is 4.74 Å². The molecule has 1 unspecified atom stereocenters. The van der Waals surface area contributed by atoms with Crippen LogP contribution in [0.1, 0.15) is 17.3 Å². The van der Waals surface area contributed by atoms with Crippen molar-refractivity contribution in [2.75, 3.05) is 6.61 Å². The van der Waals surface area contributed by atoms with Crippen LogP contribution in [0.5, 0.6) is 11.5 Å². The van der Waals surface area contributed by atoms with E-state index < -0.39 is 0 Å². The zero-order valence-corrected chi connectivity index (χ0v) is 9.84. The van der Waals surface area contributed by atoms with Crippen molar-refractivity contribution in [1.29, 1.82) is 0 Å². The topological polar surface area (TPSA) is 54.4 Å². The van der Waals surface area contributed by atoms with Crippen molar-refractivity contribution in [3.63, 3.8) is 0 Å². The van der Waals surface area contributed by atoms with Crippen molar-refractivity contribution < 1.29 is 9.84 Å². The highest BCUT2D eigenvalue weighted by atomic mass is 16.5. The van der Waals surface area contributed by atoms with Gasteiger partial charge in [-0.15, -0.1) is 0 Å². The summed E-state index contributed by atoms with van der Waals surface area (Å²) in [5, 5.41) is 12.8. The summed E-state index contributed by atoms with van der Waals surface area (Å²) in [4.78, 5) is 4.27. The van der Waals surface area contributed by atoms with Crippen LogP contribution in [0.2, 0.25) is 0 Å². The highest BCUT2D eigenvalue weighted by Gasteiger charge is 2.23. The van der Waals surface area contributed by atoms with Gasteiger partial charge in [0.2, 0.25) is 0 Å². The van der Waals surface area contributed by atoms with Gasteiger partial charge < -0.3 is 15.2 Å². The molecule has 0 bridgehead atoms. The standard InChI is InChI=1S/C14H14N2O2/c17-11-4-5-12-13(9-18-14(12)7-11)16-8-10-3-1-2-6-15-10/h1-7,13,16-17H,8-9H2. The fourth-order valence-corrected chi connectivity index (χ4v) is 2.10. The van der Waals surface area contributed by atoms with Gasteiger partial charge in [-0.1, -0.05) is 6.07 Å². The number of nitrogens with one attached hydrogen (secondary N) is 1. The van der Waals surface area contributed by atoms with Gasteiger partial charge in [0.25, 0.3) is 0 Å². The lowest BCUT2D eigenvalue weighted by Crippen LogP contribution is -2.22. The Morgan fingerprint density at radius 1 is 1.33 bits per heavy atom. The molecule has 4 nitrogen and oxygen atoms in total. The average Bonchev–Trinajstić information content (AvgIpc) is 2.80. The smallest absolute Gasteiger partial charge is 0.127 e. The molecular formula is C14H14N2O2. The van der Waals surface area contributed by atoms with E-state index in [0.717, 1.165) is 17.0 Å². The third-order valence-corrected chi connectivity index (χ3v) is 3.03. The van der Waals surface area contributed by atoms with Gasteiger partial charge in [-0.05, 0) is 24.3 Å². The molecule has 1 aliphatic rings. The maximum atomic E-state index is 9.38. The summed E-state index contributed by atoms with van der Waals surface area (Å²) in [5.74, 6) is 0.993. The molecule has 0 aliphatic carbocycles. The van der Waals surface area contributed by atoms with Crippen molar-refractivity contribution in [2.24, 2.45) is 0 Å². The third-order valence-electron chi connectivity index (χ3n) is 3.03. The van der Waals surface area contributed by atoms with Crippen molar-refractivity contribution >= 4 is 0 Å². The van der Waals surface area contributed by atoms with Gasteiger partial charge in [0.05, 0.1) is 11.7 Å². The largest absolute Gasteiger partial charge is 0.508 e. The molecule has 1 atom stereocenters. The number of benzene rings is 1. The first-order valence-electron chi connectivity index (χ1n) is 5.92. The molecule has 2 aromatic rings. The quantitative estimate of drug-likeness (QED) is 0.864. The normalized spacial score (nSPS) is 17.2. The molecule has 0 fully saturated rings. The second-order valence-electron chi connectivity index (χ2n) is 4.29. The maximum absolute atomic E-state index is 9.38. The minimum Gasteiger partial charge on any atom is -0.508 e. The molecule has 18 heavy (non-hydrogen) atoms. The first-order chi connectivity index (χ1) is 8.83. The van der Waals surface area contributed by atoms with Crippen LogP contribution < -0.4 is 10.1 Å². The molecule has 92 valence electrons. The number of rotatable bonds is 3. The fraction of sp³-hybridized carbons (Fsp3) is 0.214. The van der Waals surface area contributed by atoms with Crippen molar-refractivity contribution in [3.8, 4) is 11.5 Å². The van der Waals surface area contributed by atoms with Gasteiger partial charge in [0, 0.05) is 24.4 Å². The lowest BCUT2D eigenvalue weighted by molar-refractivity contribution is 0.309. The van der Waals surface area contributed by atoms with E-state index in [2.05, 4.69) is 10.3 Å². The molecule has 2 N–H and O–H groups in total. The van der Waals surface area contributed by atoms with Crippen molar-refractivity contribution in [3.05, 3.63) is 53.9 Å². The van der Waals surface area contributed by atoms with Crippen LogP contribution >= 0.6 is 0 Å². The average molecular weight is 242 g/mol. The molecule has 2 heterocycles. The molecule has 4 heteroatoms. The SMILES string of the molecule is Oc1ccc2c(c1)OCC2NCc1ccccn1. The summed E-state index contributed by atoms with van der Waals surface area (Å²) in [6.45, 7) is 1.29. The van der Waals surface area contributed by atoms with Crippen molar-refractivity contribution in [1.82, 2.24) is 10.3 Å². The molecule has 0 amide bonds. The molecule has 3 rings (SSSR count). The Labute approximate surface area is 105 Å². The Bertz CT molecular complexity index is 543. The number of aromatic hydroxyl groups is 1. The molecule has 0 spiro atoms. The second kappa shape index (κ2) is 4.66. The number of pyridine rings is 1. The van der Waals surface area contributed by atoms with Gasteiger partial charge in [-0.2, -0.15) is 0 Å². The van der Waals surface area contributed by atoms with E-state index in [1.165, 1.54) is 0 Å². The number of phenolic OH excluding ortho intramolecular Hbond substituents is 1. The minimum absolute atomic E-state index is 0.155. The Balaban J connectivity index is 1.70. The Hall–Kier alpha value is -2.07. The van der Waals surface area contributed by atoms with Gasteiger partial charge in [0.15, 0.2) is 0 Å². The van der Waals surface area contributed by atoms with Crippen LogP contribution in [-0.4, -0.2) is 16.7 Å². The monoisotopic (exact) mass is 242 g/mol. The highest BCUT2D eigenvalue weighted by molar-refractivity contribution is 5.44. The number of hydrogen-bond acceptors (Lipinski definition) is 4. The predicted octanol–water partition coefficient (Wildman–Crippen LogP) is 2.01. The number of nitrogens with zero attached hydrogens (tertiary/aromatic N) is 1. The second-order valence-corrected chi connectivity index (χ2v) is 4.29. The van der Waals surface area contributed by atoms with Gasteiger partial charge in [-0.3, -0.25) is 4.98 Å². The van der Waals surface area contributed by atoms with Crippen LogP contribution in [0.25, 0.3) is 0 Å². The van der Waals surface area contributed by atoms with Crippen LogP contribution in [-0.2, 0) is 6.54 Å². The van der Waals surface area contributed by atoms with E-state index in [9.17, 15) is 5.11 Å². The van der Waals surface area contributed by atoms with Gasteiger partial charge in [-0.25, -0.2) is 0 Å². The van der Waals surface area contributed by atoms with Gasteiger partial charge >= 0.3 is 0 Å². The third kappa shape index (κ3) is 2.15. The number of hydrogen-bond donors (Lipinski definition) is 2.